The van der Waals surface area contributed by atoms with E-state index in [1.807, 2.05) is 0 Å². The Kier molecular flexibility index (Phi) is 54.1. The van der Waals surface area contributed by atoms with E-state index in [1.54, 1.807) is 111 Å². The molecule has 0 amide bonds. The lowest BCUT2D eigenvalue weighted by molar-refractivity contribution is -0.213. The molecule has 0 radical (unpaired) electrons. The molecule has 0 N–H and O–H groups in total. The third kappa shape index (κ3) is 69.8. The third-order valence-electron chi connectivity index (χ3n) is 16.3. The van der Waals surface area contributed by atoms with Crippen molar-refractivity contribution >= 4 is 71.6 Å². The molecule has 0 bridgehead atoms. The molecule has 0 aromatic rings. The van der Waals surface area contributed by atoms with Gasteiger partial charge in [-0.2, -0.15) is 39.5 Å². The van der Waals surface area contributed by atoms with Crippen molar-refractivity contribution in [1.29, 1.82) is 0 Å². The highest BCUT2D eigenvalue weighted by molar-refractivity contribution is 5.83. The molecule has 0 aliphatic rings. The number of esters is 12. The smallest absolute Gasteiger partial charge is 0.422 e. The summed E-state index contributed by atoms with van der Waals surface area (Å²) in [5.74, 6) is -47.9. The minimum Gasteiger partial charge on any atom is -0.457 e. The van der Waals surface area contributed by atoms with Gasteiger partial charge in [0.05, 0.1) is 58.2 Å². The minimum absolute atomic E-state index is 0.186. The molecular weight excluding hydrogens is 1800 g/mol. The molecule has 0 aromatic carbocycles. The van der Waals surface area contributed by atoms with Crippen LogP contribution in [0, 0.1) is 32.5 Å². The van der Waals surface area contributed by atoms with E-state index in [0.29, 0.717) is 52.4 Å². The van der Waals surface area contributed by atoms with E-state index < -0.39 is 294 Å². The molecule has 0 heterocycles. The number of hydrogen-bond donors (Lipinski definition) is 0. The molecular formula is C75H111F27O24. The zero-order valence-corrected chi connectivity index (χ0v) is 73.0. The predicted molar refractivity (Wildman–Crippen MR) is 383 cm³/mol. The van der Waals surface area contributed by atoms with Crippen molar-refractivity contribution in [3.63, 3.8) is 0 Å². The van der Waals surface area contributed by atoms with Gasteiger partial charge in [-0.05, 0) is 135 Å². The first kappa shape index (κ1) is 129. The molecule has 0 aliphatic heterocycles. The number of carbonyl (C=O) groups excluding carboxylic acids is 12. The van der Waals surface area contributed by atoms with Crippen LogP contribution < -0.4 is 0 Å². The van der Waals surface area contributed by atoms with Crippen molar-refractivity contribution in [1.82, 2.24) is 0 Å². The Labute approximate surface area is 709 Å². The normalized spacial score (nSPS) is 13.0. The Bertz CT molecular complexity index is 3150. The van der Waals surface area contributed by atoms with Crippen LogP contribution in [0.3, 0.4) is 0 Å². The summed E-state index contributed by atoms with van der Waals surface area (Å²) in [4.78, 5) is 135. The van der Waals surface area contributed by atoms with E-state index in [0.717, 1.165) is 0 Å². The van der Waals surface area contributed by atoms with Gasteiger partial charge in [-0.3, -0.25) is 28.8 Å². The molecule has 0 saturated heterocycles. The van der Waals surface area contributed by atoms with E-state index >= 15 is 0 Å². The topological polar surface area (TPSA) is 316 Å². The number of carbonyl (C=O) groups is 12. The Balaban J connectivity index is -0.000000345. The number of halogens is 27. The van der Waals surface area contributed by atoms with Crippen LogP contribution >= 0.6 is 0 Å². The van der Waals surface area contributed by atoms with Gasteiger partial charge in [-0.25, -0.2) is 108 Å². The SMILES string of the molecule is CCC(C)(C)C(=O)OCC(=O)OCC(C)(F)F.CCC(C)(C)C(=O)OCC(=O)OCC(F)(F)CC(C)(F)F.CCC(C)(C)C(=O)OCC(=O)OCC(F)(F)CC(F)(F)CC(C)(F)F.CCC(C)(C)C(=O)OCC(=O)OCC(F)(F)CC(F)(F)CC(F)(F)F.CCC(C)(C)C(=O)OCC(=O)OCC(F)(F)CC(F)(F)F.CCC(C)(C)C(=O)OCC(=O)OCC(F)(F)F. The van der Waals surface area contributed by atoms with Crippen LogP contribution in [0.2, 0.25) is 0 Å². The van der Waals surface area contributed by atoms with Crippen molar-refractivity contribution in [2.45, 2.75) is 294 Å². The average molecular weight is 1910 g/mol. The molecule has 0 saturated carbocycles. The first-order valence-electron chi connectivity index (χ1n) is 37.3. The molecule has 0 aliphatic carbocycles. The molecule has 24 nitrogen and oxygen atoms in total. The van der Waals surface area contributed by atoms with Crippen molar-refractivity contribution < 1.29 is 233 Å². The minimum atomic E-state index is -5.32. The van der Waals surface area contributed by atoms with Gasteiger partial charge < -0.3 is 56.8 Å². The van der Waals surface area contributed by atoms with Gasteiger partial charge in [0.15, 0.2) is 79.3 Å². The zero-order valence-electron chi connectivity index (χ0n) is 73.0. The zero-order chi connectivity index (χ0) is 101. The Morgan fingerprint density at radius 3 is 0.492 bits per heavy atom. The molecule has 0 fully saturated rings. The molecule has 0 rings (SSSR count). The maximum Gasteiger partial charge on any atom is 0.422 e. The first-order valence-corrected chi connectivity index (χ1v) is 37.3. The Morgan fingerprint density at radius 1 is 0.175 bits per heavy atom. The second-order valence-electron chi connectivity index (χ2n) is 32.1. The summed E-state index contributed by atoms with van der Waals surface area (Å²) >= 11 is 0. The summed E-state index contributed by atoms with van der Waals surface area (Å²) in [5, 5.41) is 0. The fourth-order valence-electron chi connectivity index (χ4n) is 6.73. The van der Waals surface area contributed by atoms with E-state index in [1.165, 1.54) is 13.8 Å². The lowest BCUT2D eigenvalue weighted by atomic mass is 9.91. The highest BCUT2D eigenvalue weighted by Crippen LogP contribution is 2.41. The first-order chi connectivity index (χ1) is 55.7. The molecule has 51 heteroatoms. The number of hydrogen-bond acceptors (Lipinski definition) is 24. The van der Waals surface area contributed by atoms with Crippen molar-refractivity contribution in [3.8, 4) is 0 Å². The summed E-state index contributed by atoms with van der Waals surface area (Å²) in [5.41, 5.74) is -4.96. The predicted octanol–water partition coefficient (Wildman–Crippen LogP) is 18.9. The fourth-order valence-corrected chi connectivity index (χ4v) is 6.73. The molecule has 0 spiro atoms. The van der Waals surface area contributed by atoms with Gasteiger partial charge in [0.1, 0.15) is 12.8 Å². The van der Waals surface area contributed by atoms with Crippen molar-refractivity contribution in [2.75, 3.05) is 79.3 Å². The van der Waals surface area contributed by atoms with Gasteiger partial charge in [0.25, 0.3) is 53.3 Å². The number of ether oxygens (including phenoxy) is 12. The second-order valence-corrected chi connectivity index (χ2v) is 32.1. The maximum atomic E-state index is 13.4. The number of alkyl halides is 27. The maximum absolute atomic E-state index is 13.4. The van der Waals surface area contributed by atoms with E-state index in [4.69, 9.17) is 0 Å². The second kappa shape index (κ2) is 53.0. The van der Waals surface area contributed by atoms with Gasteiger partial charge in [0.2, 0.25) is 0 Å². The van der Waals surface area contributed by atoms with Crippen LogP contribution in [0.15, 0.2) is 0 Å². The molecule has 744 valence electrons. The largest absolute Gasteiger partial charge is 0.457 e. The highest BCUT2D eigenvalue weighted by Gasteiger charge is 2.52. The summed E-state index contributed by atoms with van der Waals surface area (Å²) in [6, 6.07) is 0. The van der Waals surface area contributed by atoms with Crippen LogP contribution in [0.25, 0.3) is 0 Å². The Hall–Kier alpha value is -8.25. The van der Waals surface area contributed by atoms with E-state index in [-0.39, 0.29) is 6.92 Å². The van der Waals surface area contributed by atoms with Crippen LogP contribution in [0.5, 0.6) is 0 Å². The fraction of sp³-hybridized carbons (Fsp3) is 0.840. The van der Waals surface area contributed by atoms with Crippen molar-refractivity contribution in [2.24, 2.45) is 32.5 Å². The monoisotopic (exact) mass is 1910 g/mol. The average Bonchev–Trinajstić information content (AvgIpc) is 0.842. The quantitative estimate of drug-likeness (QED) is 0.0310. The summed E-state index contributed by atoms with van der Waals surface area (Å²) < 4.78 is 390. The lowest BCUT2D eigenvalue weighted by Crippen LogP contribution is -2.37. The Morgan fingerprint density at radius 2 is 0.325 bits per heavy atom. The molecule has 126 heavy (non-hydrogen) atoms. The van der Waals surface area contributed by atoms with Gasteiger partial charge in [-0.15, -0.1) is 0 Å². The molecule has 0 atom stereocenters. The lowest BCUT2D eigenvalue weighted by Gasteiger charge is -2.25. The summed E-state index contributed by atoms with van der Waals surface area (Å²) in [6.45, 7) is 15.8. The van der Waals surface area contributed by atoms with Crippen molar-refractivity contribution in [3.05, 3.63) is 0 Å². The van der Waals surface area contributed by atoms with Gasteiger partial charge in [-0.1, -0.05) is 41.5 Å². The van der Waals surface area contributed by atoms with Gasteiger partial charge in [0, 0.05) is 6.92 Å². The highest BCUT2D eigenvalue weighted by atomic mass is 19.4. The number of rotatable bonds is 45. The third-order valence-corrected chi connectivity index (χ3v) is 16.3. The van der Waals surface area contributed by atoms with Crippen LogP contribution in [0.4, 0.5) is 119 Å². The molecule has 0 unspecified atom stereocenters. The van der Waals surface area contributed by atoms with Crippen LogP contribution in [-0.2, 0) is 114 Å². The van der Waals surface area contributed by atoms with Crippen LogP contribution in [0.1, 0.15) is 222 Å². The summed E-state index contributed by atoms with van der Waals surface area (Å²) in [7, 11) is 0. The summed E-state index contributed by atoms with van der Waals surface area (Å²) in [6.07, 6.45) is -25.8. The molecule has 0 aromatic heterocycles. The van der Waals surface area contributed by atoms with E-state index in [2.05, 4.69) is 56.8 Å². The standard InChI is InChI=1S/C15H22F6O4.C14H19F7O4.C13H20F4O4.C12H17F5O4.C11H18F2O4.C10H15F3O4/c1-5-12(2,3)11(23)24-6-10(22)25-9-15(20,21)8-14(18,19)7-13(4,16)17;1-4-11(2,3)10(23)24-5-9(22)25-8-13(17,18)6-12(15,16)7-14(19,20)21;1-5-11(2,3)10(19)20-6-9(18)21-8-13(16,17)7-12(4,14)15;1-4-10(2,3)9(19)20-5-8(18)21-7-11(13,14)6-12(15,16)17;1-5-10(2,3)9(15)16-6-8(14)17-7-11(4,12)13;1-4-9(2,3)8(15)16-5-7(14)17-6-10(11,12)13/h5-9H2,1-4H3;4-8H2,1-3H3;5-8H2,1-4H3;4-7H2,1-3H3;5-7H2,1-4H3;4-6H2,1-3H3. The van der Waals surface area contributed by atoms with Gasteiger partial charge >= 0.3 is 90.2 Å². The van der Waals surface area contributed by atoms with Crippen LogP contribution in [-0.4, -0.2) is 223 Å². The van der Waals surface area contributed by atoms with E-state index in [9.17, 15) is 176 Å².